The summed E-state index contributed by atoms with van der Waals surface area (Å²) in [5.74, 6) is 1.25. The van der Waals surface area contributed by atoms with Crippen molar-refractivity contribution in [1.82, 2.24) is 10.2 Å². The van der Waals surface area contributed by atoms with Crippen molar-refractivity contribution in [2.75, 3.05) is 13.1 Å². The molecule has 2 rings (SSSR count). The summed E-state index contributed by atoms with van der Waals surface area (Å²) in [4.78, 5) is 26.0. The Bertz CT molecular complexity index is 554. The van der Waals surface area contributed by atoms with Gasteiger partial charge in [0.2, 0.25) is 5.91 Å². The summed E-state index contributed by atoms with van der Waals surface area (Å²) in [7, 11) is 0. The van der Waals surface area contributed by atoms with Gasteiger partial charge < -0.3 is 19.4 Å². The molecule has 1 saturated heterocycles. The molecule has 0 spiro atoms. The highest BCUT2D eigenvalue weighted by molar-refractivity contribution is 5.76. The van der Waals surface area contributed by atoms with Crippen molar-refractivity contribution in [3.8, 4) is 0 Å². The molecule has 0 aliphatic carbocycles. The molecule has 140 valence electrons. The van der Waals surface area contributed by atoms with Crippen molar-refractivity contribution in [3.05, 3.63) is 24.2 Å². The number of nitrogens with zero attached hydrogens (tertiary/aromatic N) is 1. The summed E-state index contributed by atoms with van der Waals surface area (Å²) in [5.41, 5.74) is -0.474. The van der Waals surface area contributed by atoms with Gasteiger partial charge in [-0.25, -0.2) is 4.79 Å². The summed E-state index contributed by atoms with van der Waals surface area (Å²) in [6.45, 7) is 8.87. The summed E-state index contributed by atoms with van der Waals surface area (Å²) in [6.07, 6.45) is 4.24. The average Bonchev–Trinajstić information content (AvgIpc) is 2.98. The quantitative estimate of drug-likeness (QED) is 0.884. The van der Waals surface area contributed by atoms with Gasteiger partial charge in [-0.15, -0.1) is 0 Å². The van der Waals surface area contributed by atoms with E-state index in [1.807, 2.05) is 39.8 Å². The predicted molar refractivity (Wildman–Crippen MR) is 95.2 cm³/mol. The van der Waals surface area contributed by atoms with E-state index in [0.717, 1.165) is 18.6 Å². The highest BCUT2D eigenvalue weighted by atomic mass is 16.6. The Labute approximate surface area is 149 Å². The van der Waals surface area contributed by atoms with Crippen LogP contribution >= 0.6 is 0 Å². The molecule has 1 aromatic heterocycles. The van der Waals surface area contributed by atoms with Crippen molar-refractivity contribution >= 4 is 12.0 Å². The van der Waals surface area contributed by atoms with E-state index in [0.29, 0.717) is 31.8 Å². The molecular weight excluding hydrogens is 320 g/mol. The van der Waals surface area contributed by atoms with Gasteiger partial charge in [0.05, 0.1) is 6.26 Å². The lowest BCUT2D eigenvalue weighted by Gasteiger charge is -2.33. The molecule has 2 heterocycles. The Morgan fingerprint density at radius 3 is 2.60 bits per heavy atom. The third-order valence-corrected chi connectivity index (χ3v) is 4.24. The number of likely N-dealkylation sites (tertiary alicyclic amines) is 1. The molecule has 0 saturated carbocycles. The van der Waals surface area contributed by atoms with Crippen molar-refractivity contribution in [2.45, 2.75) is 65.0 Å². The van der Waals surface area contributed by atoms with E-state index in [4.69, 9.17) is 9.15 Å². The second kappa shape index (κ2) is 8.41. The van der Waals surface area contributed by atoms with Gasteiger partial charge in [0.15, 0.2) is 0 Å². The highest BCUT2D eigenvalue weighted by Gasteiger charge is 2.28. The first kappa shape index (κ1) is 19.3. The number of carbonyl (C=O) groups is 2. The van der Waals surface area contributed by atoms with Crippen molar-refractivity contribution in [2.24, 2.45) is 5.92 Å². The standard InChI is InChI=1S/C19H30N2O4/c1-14(12-16-6-5-11-24-16)20-17(22)13-15-7-9-21(10-8-15)18(23)25-19(2,3)4/h5-6,11,14-15H,7-10,12-13H2,1-4H3,(H,20,22). The van der Waals surface area contributed by atoms with E-state index in [9.17, 15) is 9.59 Å². The molecule has 1 aromatic rings. The van der Waals surface area contributed by atoms with Crippen LogP contribution in [-0.2, 0) is 16.0 Å². The van der Waals surface area contributed by atoms with Crippen LogP contribution < -0.4 is 5.32 Å². The fourth-order valence-electron chi connectivity index (χ4n) is 3.02. The predicted octanol–water partition coefficient (Wildman–Crippen LogP) is 3.36. The zero-order valence-electron chi connectivity index (χ0n) is 15.7. The Morgan fingerprint density at radius 2 is 2.04 bits per heavy atom. The second-order valence-electron chi connectivity index (χ2n) is 7.87. The van der Waals surface area contributed by atoms with Gasteiger partial charge in [-0.2, -0.15) is 0 Å². The van der Waals surface area contributed by atoms with E-state index in [1.165, 1.54) is 0 Å². The van der Waals surface area contributed by atoms with Gasteiger partial charge in [-0.1, -0.05) is 0 Å². The van der Waals surface area contributed by atoms with Crippen molar-refractivity contribution in [1.29, 1.82) is 0 Å². The van der Waals surface area contributed by atoms with Crippen LogP contribution in [-0.4, -0.2) is 41.6 Å². The number of carbonyl (C=O) groups excluding carboxylic acids is 2. The van der Waals surface area contributed by atoms with Gasteiger partial charge in [0.1, 0.15) is 11.4 Å². The molecule has 0 radical (unpaired) electrons. The highest BCUT2D eigenvalue weighted by Crippen LogP contribution is 2.22. The summed E-state index contributed by atoms with van der Waals surface area (Å²) in [6, 6.07) is 3.80. The first-order valence-electron chi connectivity index (χ1n) is 9.02. The van der Waals surface area contributed by atoms with Gasteiger partial charge in [0.25, 0.3) is 0 Å². The maximum atomic E-state index is 12.2. The lowest BCUT2D eigenvalue weighted by atomic mass is 9.93. The van der Waals surface area contributed by atoms with Gasteiger partial charge >= 0.3 is 6.09 Å². The lowest BCUT2D eigenvalue weighted by molar-refractivity contribution is -0.122. The van der Waals surface area contributed by atoms with Crippen molar-refractivity contribution < 1.29 is 18.7 Å². The molecule has 1 fully saturated rings. The Kier molecular flexibility index (Phi) is 6.51. The number of hydrogen-bond acceptors (Lipinski definition) is 4. The SMILES string of the molecule is CC(Cc1ccco1)NC(=O)CC1CCN(C(=O)OC(C)(C)C)CC1. The fraction of sp³-hybridized carbons (Fsp3) is 0.684. The molecule has 0 aromatic carbocycles. The molecule has 1 unspecified atom stereocenters. The maximum Gasteiger partial charge on any atom is 0.410 e. The summed E-state index contributed by atoms with van der Waals surface area (Å²) in [5, 5.41) is 3.03. The van der Waals surface area contributed by atoms with E-state index < -0.39 is 5.60 Å². The number of amides is 2. The maximum absolute atomic E-state index is 12.2. The topological polar surface area (TPSA) is 71.8 Å². The molecule has 2 amide bonds. The minimum absolute atomic E-state index is 0.0421. The molecular formula is C19H30N2O4. The normalized spacial score (nSPS) is 17.2. The van der Waals surface area contributed by atoms with Gasteiger partial charge in [-0.3, -0.25) is 4.79 Å². The smallest absolute Gasteiger partial charge is 0.410 e. The number of nitrogens with one attached hydrogen (secondary N) is 1. The molecule has 1 N–H and O–H groups in total. The minimum Gasteiger partial charge on any atom is -0.469 e. The summed E-state index contributed by atoms with van der Waals surface area (Å²) >= 11 is 0. The average molecular weight is 350 g/mol. The van der Waals surface area contributed by atoms with Crippen LogP contribution in [0.4, 0.5) is 4.79 Å². The van der Waals surface area contributed by atoms with E-state index in [2.05, 4.69) is 5.32 Å². The van der Waals surface area contributed by atoms with Crippen molar-refractivity contribution in [3.63, 3.8) is 0 Å². The molecule has 25 heavy (non-hydrogen) atoms. The molecule has 1 atom stereocenters. The third kappa shape index (κ3) is 6.80. The lowest BCUT2D eigenvalue weighted by Crippen LogP contribution is -2.43. The van der Waals surface area contributed by atoms with Crippen LogP contribution in [0.25, 0.3) is 0 Å². The van der Waals surface area contributed by atoms with Gasteiger partial charge in [-0.05, 0) is 58.6 Å². The van der Waals surface area contributed by atoms with Crippen LogP contribution in [0.5, 0.6) is 0 Å². The third-order valence-electron chi connectivity index (χ3n) is 4.24. The van der Waals surface area contributed by atoms with Crippen LogP contribution in [0.15, 0.2) is 22.8 Å². The molecule has 0 bridgehead atoms. The molecule has 1 aliphatic rings. The minimum atomic E-state index is -0.474. The van der Waals surface area contributed by atoms with E-state index in [1.54, 1.807) is 11.2 Å². The second-order valence-corrected chi connectivity index (χ2v) is 7.87. The molecule has 6 heteroatoms. The first-order chi connectivity index (χ1) is 11.7. The van der Waals surface area contributed by atoms with Crippen LogP contribution in [0.1, 0.15) is 52.7 Å². The van der Waals surface area contributed by atoms with Gasteiger partial charge in [0, 0.05) is 32.0 Å². The number of hydrogen-bond donors (Lipinski definition) is 1. The monoisotopic (exact) mass is 350 g/mol. The number of ether oxygens (including phenoxy) is 1. The molecule has 1 aliphatic heterocycles. The number of piperidine rings is 1. The zero-order chi connectivity index (χ0) is 18.4. The van der Waals surface area contributed by atoms with Crippen LogP contribution in [0.3, 0.4) is 0 Å². The fourth-order valence-corrected chi connectivity index (χ4v) is 3.02. The number of furan rings is 1. The Hall–Kier alpha value is -1.98. The Morgan fingerprint density at radius 1 is 1.36 bits per heavy atom. The largest absolute Gasteiger partial charge is 0.469 e. The van der Waals surface area contributed by atoms with E-state index in [-0.39, 0.29) is 18.0 Å². The Balaban J connectivity index is 1.68. The summed E-state index contributed by atoms with van der Waals surface area (Å²) < 4.78 is 10.7. The number of rotatable bonds is 5. The van der Waals surface area contributed by atoms with Crippen LogP contribution in [0, 0.1) is 5.92 Å². The molecule has 6 nitrogen and oxygen atoms in total. The van der Waals surface area contributed by atoms with E-state index >= 15 is 0 Å². The zero-order valence-corrected chi connectivity index (χ0v) is 15.7. The van der Waals surface area contributed by atoms with Crippen LogP contribution in [0.2, 0.25) is 0 Å². The first-order valence-corrected chi connectivity index (χ1v) is 9.02.